The van der Waals surface area contributed by atoms with E-state index < -0.39 is 0 Å². The Bertz CT molecular complexity index is 346. The van der Waals surface area contributed by atoms with Gasteiger partial charge in [-0.05, 0) is 12.3 Å². The minimum absolute atomic E-state index is 0.380. The van der Waals surface area contributed by atoms with E-state index in [4.69, 9.17) is 11.6 Å². The summed E-state index contributed by atoms with van der Waals surface area (Å²) in [7, 11) is 0. The molecule has 0 spiro atoms. The number of aromatic nitrogens is 2. The fourth-order valence-corrected chi connectivity index (χ4v) is 1.99. The Balaban J connectivity index is 2.45. The lowest BCUT2D eigenvalue weighted by Crippen LogP contribution is -2.17. The van der Waals surface area contributed by atoms with Crippen LogP contribution in [0.1, 0.15) is 29.7 Å². The third-order valence-corrected chi connectivity index (χ3v) is 2.90. The topological polar surface area (TPSA) is 34.9 Å². The molecule has 1 atom stereocenters. The number of aldehydes is 1. The van der Waals surface area contributed by atoms with Crippen molar-refractivity contribution in [2.45, 2.75) is 26.3 Å². The summed E-state index contributed by atoms with van der Waals surface area (Å²) in [5.41, 5.74) is 0.380. The van der Waals surface area contributed by atoms with Gasteiger partial charge in [0.15, 0.2) is 6.29 Å². The van der Waals surface area contributed by atoms with Crippen LogP contribution in [0.15, 0.2) is 0 Å². The summed E-state index contributed by atoms with van der Waals surface area (Å²) in [5, 5.41) is 0.497. The Labute approximate surface area is 81.7 Å². The van der Waals surface area contributed by atoms with Crippen LogP contribution in [0.25, 0.3) is 0 Å². The van der Waals surface area contributed by atoms with E-state index in [9.17, 15) is 4.79 Å². The predicted octanol–water partition coefficient (Wildman–Crippen LogP) is 1.93. The second kappa shape index (κ2) is 3.14. The zero-order valence-electron chi connectivity index (χ0n) is 7.46. The smallest absolute Gasteiger partial charge is 0.171 e. The molecule has 0 aliphatic carbocycles. The molecule has 0 amide bonds. The summed E-state index contributed by atoms with van der Waals surface area (Å²) >= 11 is 5.96. The molecule has 0 saturated carbocycles. The Morgan fingerprint density at radius 2 is 2.46 bits per heavy atom. The van der Waals surface area contributed by atoms with Gasteiger partial charge in [0.2, 0.25) is 0 Å². The standard InChI is InChI=1S/C9H11ClN2O/c1-6-2-3-12-8(4-6)11-7(5-13)9(12)10/h5-6H,2-4H2,1H3. The fourth-order valence-electron chi connectivity index (χ4n) is 1.72. The van der Waals surface area contributed by atoms with Crippen LogP contribution in [0.4, 0.5) is 0 Å². The first-order valence-corrected chi connectivity index (χ1v) is 4.80. The number of halogens is 1. The van der Waals surface area contributed by atoms with Crippen LogP contribution in [-0.4, -0.2) is 15.8 Å². The number of nitrogens with zero attached hydrogens (tertiary/aromatic N) is 2. The van der Waals surface area contributed by atoms with E-state index in [1.807, 2.05) is 4.57 Å². The third-order valence-electron chi connectivity index (χ3n) is 2.50. The zero-order chi connectivity index (χ0) is 9.42. The van der Waals surface area contributed by atoms with E-state index in [0.717, 1.165) is 31.5 Å². The molecule has 1 aliphatic heterocycles. The number of fused-ring (bicyclic) bond motifs is 1. The van der Waals surface area contributed by atoms with Gasteiger partial charge in [-0.2, -0.15) is 0 Å². The number of carbonyl (C=O) groups is 1. The summed E-state index contributed by atoms with van der Waals surface area (Å²) in [5.74, 6) is 1.59. The zero-order valence-corrected chi connectivity index (χ0v) is 8.21. The van der Waals surface area contributed by atoms with Crippen LogP contribution in [-0.2, 0) is 13.0 Å². The van der Waals surface area contributed by atoms with Gasteiger partial charge in [-0.1, -0.05) is 18.5 Å². The molecule has 4 heteroatoms. The molecule has 0 saturated heterocycles. The first kappa shape index (κ1) is 8.75. The maximum Gasteiger partial charge on any atom is 0.171 e. The van der Waals surface area contributed by atoms with Crippen molar-refractivity contribution < 1.29 is 4.79 Å². The molecule has 2 heterocycles. The average Bonchev–Trinajstić information content (AvgIpc) is 2.42. The molecular weight excluding hydrogens is 188 g/mol. The molecule has 70 valence electrons. The largest absolute Gasteiger partial charge is 0.318 e. The summed E-state index contributed by atoms with van der Waals surface area (Å²) < 4.78 is 1.94. The average molecular weight is 199 g/mol. The molecule has 13 heavy (non-hydrogen) atoms. The summed E-state index contributed by atoms with van der Waals surface area (Å²) in [6.07, 6.45) is 2.76. The normalized spacial score (nSPS) is 21.2. The quantitative estimate of drug-likeness (QED) is 0.647. The van der Waals surface area contributed by atoms with E-state index in [1.54, 1.807) is 0 Å². The Hall–Kier alpha value is -0.830. The molecule has 0 N–H and O–H groups in total. The second-order valence-corrected chi connectivity index (χ2v) is 3.93. The monoisotopic (exact) mass is 198 g/mol. The summed E-state index contributed by atoms with van der Waals surface area (Å²) in [4.78, 5) is 14.7. The summed E-state index contributed by atoms with van der Waals surface area (Å²) in [6, 6.07) is 0. The predicted molar refractivity (Wildman–Crippen MR) is 50.1 cm³/mol. The molecule has 2 rings (SSSR count). The van der Waals surface area contributed by atoms with E-state index >= 15 is 0 Å². The minimum Gasteiger partial charge on any atom is -0.318 e. The number of hydrogen-bond acceptors (Lipinski definition) is 2. The van der Waals surface area contributed by atoms with Crippen LogP contribution >= 0.6 is 11.6 Å². The highest BCUT2D eigenvalue weighted by molar-refractivity contribution is 6.31. The number of carbonyl (C=O) groups excluding carboxylic acids is 1. The van der Waals surface area contributed by atoms with Crippen molar-refractivity contribution in [3.63, 3.8) is 0 Å². The van der Waals surface area contributed by atoms with Gasteiger partial charge in [-0.25, -0.2) is 4.98 Å². The Morgan fingerprint density at radius 1 is 1.69 bits per heavy atom. The number of imidazole rings is 1. The van der Waals surface area contributed by atoms with Gasteiger partial charge >= 0.3 is 0 Å². The van der Waals surface area contributed by atoms with Gasteiger partial charge in [0.25, 0.3) is 0 Å². The lowest BCUT2D eigenvalue weighted by atomic mass is 10.0. The van der Waals surface area contributed by atoms with Crippen LogP contribution in [0.2, 0.25) is 5.15 Å². The van der Waals surface area contributed by atoms with Crippen molar-refractivity contribution in [2.24, 2.45) is 5.92 Å². The highest BCUT2D eigenvalue weighted by Crippen LogP contribution is 2.25. The van der Waals surface area contributed by atoms with Gasteiger partial charge in [-0.15, -0.1) is 0 Å². The molecule has 0 fully saturated rings. The van der Waals surface area contributed by atoms with Crippen molar-refractivity contribution in [1.82, 2.24) is 9.55 Å². The fraction of sp³-hybridized carbons (Fsp3) is 0.556. The first-order chi connectivity index (χ1) is 6.22. The van der Waals surface area contributed by atoms with Crippen LogP contribution in [0.5, 0.6) is 0 Å². The van der Waals surface area contributed by atoms with Gasteiger partial charge in [0.05, 0.1) is 0 Å². The SMILES string of the molecule is CC1CCn2c(nc(C=O)c2Cl)C1. The van der Waals surface area contributed by atoms with Gasteiger partial charge in [0, 0.05) is 13.0 Å². The van der Waals surface area contributed by atoms with E-state index in [1.165, 1.54) is 0 Å². The summed E-state index contributed by atoms with van der Waals surface area (Å²) in [6.45, 7) is 3.07. The highest BCUT2D eigenvalue weighted by Gasteiger charge is 2.21. The van der Waals surface area contributed by atoms with E-state index in [0.29, 0.717) is 16.8 Å². The van der Waals surface area contributed by atoms with Crippen molar-refractivity contribution in [1.29, 1.82) is 0 Å². The lowest BCUT2D eigenvalue weighted by molar-refractivity contribution is 0.111. The van der Waals surface area contributed by atoms with Crippen LogP contribution in [0.3, 0.4) is 0 Å². The first-order valence-electron chi connectivity index (χ1n) is 4.42. The van der Waals surface area contributed by atoms with Gasteiger partial charge in [-0.3, -0.25) is 4.79 Å². The van der Waals surface area contributed by atoms with E-state index in [-0.39, 0.29) is 0 Å². The Kier molecular flexibility index (Phi) is 2.12. The number of hydrogen-bond donors (Lipinski definition) is 0. The molecule has 1 aliphatic rings. The Morgan fingerprint density at radius 3 is 3.15 bits per heavy atom. The highest BCUT2D eigenvalue weighted by atomic mass is 35.5. The van der Waals surface area contributed by atoms with Crippen molar-refractivity contribution in [3.05, 3.63) is 16.7 Å². The molecule has 3 nitrogen and oxygen atoms in total. The molecule has 0 radical (unpaired) electrons. The van der Waals surface area contributed by atoms with Crippen molar-refractivity contribution >= 4 is 17.9 Å². The van der Waals surface area contributed by atoms with Crippen LogP contribution in [0, 0.1) is 5.92 Å². The molecule has 1 unspecified atom stereocenters. The number of rotatable bonds is 1. The maximum absolute atomic E-state index is 10.6. The molecule has 1 aromatic rings. The lowest BCUT2D eigenvalue weighted by Gasteiger charge is -2.19. The van der Waals surface area contributed by atoms with Crippen molar-refractivity contribution in [3.8, 4) is 0 Å². The second-order valence-electron chi connectivity index (χ2n) is 3.57. The maximum atomic E-state index is 10.6. The van der Waals surface area contributed by atoms with Crippen molar-refractivity contribution in [2.75, 3.05) is 0 Å². The molecule has 0 aromatic carbocycles. The van der Waals surface area contributed by atoms with Crippen LogP contribution < -0.4 is 0 Å². The third kappa shape index (κ3) is 1.37. The minimum atomic E-state index is 0.380. The van der Waals surface area contributed by atoms with Gasteiger partial charge < -0.3 is 4.57 Å². The van der Waals surface area contributed by atoms with E-state index in [2.05, 4.69) is 11.9 Å². The molecule has 1 aromatic heterocycles. The molecular formula is C9H11ClN2O. The molecule has 0 bridgehead atoms. The van der Waals surface area contributed by atoms with Gasteiger partial charge in [0.1, 0.15) is 16.7 Å².